The highest BCUT2D eigenvalue weighted by atomic mass is 31.1. The Morgan fingerprint density at radius 3 is 0.827 bits per heavy atom. The minimum atomic E-state index is -1.18. The molecule has 0 aromatic heterocycles. The van der Waals surface area contributed by atoms with Crippen molar-refractivity contribution in [3.63, 3.8) is 0 Å². The Morgan fingerprint density at radius 1 is 0.385 bits per heavy atom. The molecule has 0 N–H and O–H groups in total. The number of ether oxygens (including phenoxy) is 2. The number of esters is 2. The summed E-state index contributed by atoms with van der Waals surface area (Å²) in [5, 5.41) is 3.02. The van der Waals surface area contributed by atoms with Crippen molar-refractivity contribution in [1.82, 2.24) is 0 Å². The van der Waals surface area contributed by atoms with Crippen LogP contribution in [0.25, 0.3) is 0 Å². The van der Waals surface area contributed by atoms with Crippen molar-refractivity contribution in [2.45, 2.75) is 50.2 Å². The SMILES string of the molecule is CC(C)([C@@H](OC(=O)c1ccccc1)[C@H](OC(=O)c1ccccc1)C(C)(C)P(c1ccccc1)c1ccccc1)P(c1ccccc1)c1ccccc1. The van der Waals surface area contributed by atoms with Gasteiger partial charge in [-0.25, -0.2) is 9.59 Å². The molecular formula is C46H44O4P2. The Balaban J connectivity index is 1.60. The molecule has 0 aliphatic rings. The van der Waals surface area contributed by atoms with Crippen molar-refractivity contribution < 1.29 is 19.1 Å². The fourth-order valence-electron chi connectivity index (χ4n) is 6.86. The van der Waals surface area contributed by atoms with Crippen LogP contribution in [0.2, 0.25) is 0 Å². The fourth-order valence-corrected chi connectivity index (χ4v) is 12.9. The van der Waals surface area contributed by atoms with Crippen LogP contribution in [0.1, 0.15) is 48.4 Å². The van der Waals surface area contributed by atoms with Gasteiger partial charge in [0.25, 0.3) is 0 Å². The Hall–Kier alpha value is -4.88. The van der Waals surface area contributed by atoms with Gasteiger partial charge in [-0.2, -0.15) is 0 Å². The van der Waals surface area contributed by atoms with E-state index < -0.39 is 50.3 Å². The second kappa shape index (κ2) is 16.6. The Bertz CT molecular complexity index is 1790. The zero-order valence-corrected chi connectivity index (χ0v) is 31.8. The molecule has 0 saturated heterocycles. The lowest BCUT2D eigenvalue weighted by atomic mass is 9.91. The molecule has 0 fully saturated rings. The van der Waals surface area contributed by atoms with E-state index in [1.807, 2.05) is 60.7 Å². The van der Waals surface area contributed by atoms with Gasteiger partial charge in [0.05, 0.1) is 11.1 Å². The van der Waals surface area contributed by atoms with Crippen LogP contribution in [0.4, 0.5) is 0 Å². The topological polar surface area (TPSA) is 52.6 Å². The van der Waals surface area contributed by atoms with E-state index in [9.17, 15) is 9.59 Å². The van der Waals surface area contributed by atoms with E-state index in [0.29, 0.717) is 11.1 Å². The molecule has 0 aliphatic heterocycles. The monoisotopic (exact) mass is 722 g/mol. The molecule has 6 rings (SSSR count). The highest BCUT2D eigenvalue weighted by molar-refractivity contribution is 7.75. The molecule has 262 valence electrons. The largest absolute Gasteiger partial charge is 0.454 e. The molecule has 0 aliphatic carbocycles. The van der Waals surface area contributed by atoms with Crippen LogP contribution in [-0.4, -0.2) is 34.5 Å². The van der Waals surface area contributed by atoms with Crippen molar-refractivity contribution in [2.24, 2.45) is 0 Å². The summed E-state index contributed by atoms with van der Waals surface area (Å²) in [5.74, 6) is -0.926. The van der Waals surface area contributed by atoms with Crippen LogP contribution >= 0.6 is 15.8 Å². The molecule has 0 saturated carbocycles. The number of benzene rings is 6. The predicted octanol–water partition coefficient (Wildman–Crippen LogP) is 9.26. The molecule has 4 nitrogen and oxygen atoms in total. The van der Waals surface area contributed by atoms with E-state index >= 15 is 0 Å². The highest BCUT2D eigenvalue weighted by Gasteiger charge is 2.54. The summed E-state index contributed by atoms with van der Waals surface area (Å²) >= 11 is 0. The Morgan fingerprint density at radius 2 is 0.596 bits per heavy atom. The van der Waals surface area contributed by atoms with Gasteiger partial charge in [-0.3, -0.25) is 0 Å². The maximum absolute atomic E-state index is 14.3. The number of carbonyl (C=O) groups excluding carboxylic acids is 2. The predicted molar refractivity (Wildman–Crippen MR) is 218 cm³/mol. The van der Waals surface area contributed by atoms with Crippen molar-refractivity contribution in [1.29, 1.82) is 0 Å². The quantitative estimate of drug-likeness (QED) is 0.0882. The lowest BCUT2D eigenvalue weighted by Crippen LogP contribution is -2.58. The number of hydrogen-bond donors (Lipinski definition) is 0. The zero-order chi connectivity index (χ0) is 36.6. The smallest absolute Gasteiger partial charge is 0.338 e. The van der Waals surface area contributed by atoms with E-state index in [-0.39, 0.29) is 0 Å². The van der Waals surface area contributed by atoms with Gasteiger partial charge in [0.1, 0.15) is 12.2 Å². The van der Waals surface area contributed by atoms with E-state index in [1.54, 1.807) is 24.3 Å². The molecule has 2 atom stereocenters. The van der Waals surface area contributed by atoms with E-state index in [4.69, 9.17) is 9.47 Å². The lowest BCUT2D eigenvalue weighted by molar-refractivity contribution is -0.0557. The van der Waals surface area contributed by atoms with Crippen LogP contribution in [0.15, 0.2) is 182 Å². The van der Waals surface area contributed by atoms with Gasteiger partial charge in [-0.1, -0.05) is 185 Å². The summed E-state index contributed by atoms with van der Waals surface area (Å²) in [5.41, 5.74) is 0.873. The molecule has 0 bridgehead atoms. The van der Waals surface area contributed by atoms with Gasteiger partial charge in [-0.15, -0.1) is 0 Å². The van der Waals surface area contributed by atoms with Crippen molar-refractivity contribution in [3.8, 4) is 0 Å². The van der Waals surface area contributed by atoms with Crippen LogP contribution in [0.5, 0.6) is 0 Å². The second-order valence-corrected chi connectivity index (χ2v) is 19.4. The average Bonchev–Trinajstić information content (AvgIpc) is 3.18. The standard InChI is InChI=1S/C46H44O4P2/c1-45(2,51(37-27-15-7-16-28-37)38-29-17-8-18-30-38)41(49-43(47)35-23-11-5-12-24-35)42(50-44(48)36-25-13-6-14-26-36)46(3,4)52(39-31-19-9-20-32-39)40-33-21-10-22-34-40/h5-34,41-42H,1-4H3/t41-,42-/m0/s1. The first-order chi connectivity index (χ1) is 25.2. The van der Waals surface area contributed by atoms with Crippen LogP contribution in [0, 0.1) is 0 Å². The van der Waals surface area contributed by atoms with Crippen molar-refractivity contribution >= 4 is 49.0 Å². The van der Waals surface area contributed by atoms with Crippen LogP contribution in [0.3, 0.4) is 0 Å². The second-order valence-electron chi connectivity index (χ2n) is 13.7. The number of carbonyl (C=O) groups is 2. The average molecular weight is 723 g/mol. The van der Waals surface area contributed by atoms with Gasteiger partial charge < -0.3 is 9.47 Å². The van der Waals surface area contributed by atoms with Crippen LogP contribution < -0.4 is 21.2 Å². The van der Waals surface area contributed by atoms with E-state index in [1.165, 1.54) is 0 Å². The van der Waals surface area contributed by atoms with Gasteiger partial charge in [0.2, 0.25) is 0 Å². The van der Waals surface area contributed by atoms with Gasteiger partial charge in [0.15, 0.2) is 0 Å². The summed E-state index contributed by atoms with van der Waals surface area (Å²) in [6.45, 7) is 8.64. The molecule has 6 aromatic rings. The summed E-state index contributed by atoms with van der Waals surface area (Å²) in [7, 11) is -2.36. The van der Waals surface area contributed by atoms with Gasteiger partial charge >= 0.3 is 11.9 Å². The Kier molecular flexibility index (Phi) is 11.8. The molecule has 0 spiro atoms. The normalized spacial score (nSPS) is 13.0. The van der Waals surface area contributed by atoms with E-state index in [0.717, 1.165) is 21.2 Å². The highest BCUT2D eigenvalue weighted by Crippen LogP contribution is 2.57. The third-order valence-corrected chi connectivity index (χ3v) is 15.4. The summed E-state index contributed by atoms with van der Waals surface area (Å²) in [6.07, 6.45) is -1.77. The molecule has 6 heteroatoms. The summed E-state index contributed by atoms with van der Waals surface area (Å²) < 4.78 is 13.7. The van der Waals surface area contributed by atoms with Crippen molar-refractivity contribution in [3.05, 3.63) is 193 Å². The maximum Gasteiger partial charge on any atom is 0.338 e. The summed E-state index contributed by atoms with van der Waals surface area (Å²) in [6, 6.07) is 59.8. The lowest BCUT2D eigenvalue weighted by Gasteiger charge is -2.50. The molecule has 52 heavy (non-hydrogen) atoms. The van der Waals surface area contributed by atoms with Gasteiger partial charge in [-0.05, 0) is 61.3 Å². The minimum Gasteiger partial charge on any atom is -0.454 e. The molecular weight excluding hydrogens is 678 g/mol. The first-order valence-corrected chi connectivity index (χ1v) is 20.2. The third kappa shape index (κ3) is 8.26. The molecule has 0 radical (unpaired) electrons. The molecule has 0 amide bonds. The zero-order valence-electron chi connectivity index (χ0n) is 30.0. The fraction of sp³-hybridized carbons (Fsp3) is 0.174. The Labute approximate surface area is 310 Å². The molecule has 6 aromatic carbocycles. The number of rotatable bonds is 13. The van der Waals surface area contributed by atoms with Gasteiger partial charge in [0, 0.05) is 10.3 Å². The third-order valence-electron chi connectivity index (χ3n) is 9.36. The summed E-state index contributed by atoms with van der Waals surface area (Å²) in [4.78, 5) is 28.7. The van der Waals surface area contributed by atoms with Crippen LogP contribution in [-0.2, 0) is 9.47 Å². The molecule has 0 unspecified atom stereocenters. The van der Waals surface area contributed by atoms with Crippen molar-refractivity contribution in [2.75, 3.05) is 0 Å². The van der Waals surface area contributed by atoms with E-state index in [2.05, 4.69) is 125 Å². The first-order valence-electron chi connectivity index (χ1n) is 17.5. The minimum absolute atomic E-state index is 0.436. The molecule has 0 heterocycles. The maximum atomic E-state index is 14.3. The first kappa shape index (κ1) is 36.9. The number of hydrogen-bond acceptors (Lipinski definition) is 4.